The third-order valence-electron chi connectivity index (χ3n) is 6.75. The quantitative estimate of drug-likeness (QED) is 0.718. The highest BCUT2D eigenvalue weighted by Crippen LogP contribution is 2.55. The van der Waals surface area contributed by atoms with E-state index in [2.05, 4.69) is 54.4 Å². The van der Waals surface area contributed by atoms with Gasteiger partial charge in [0.15, 0.2) is 11.5 Å². The van der Waals surface area contributed by atoms with Gasteiger partial charge in [0, 0.05) is 37.4 Å². The van der Waals surface area contributed by atoms with E-state index in [4.69, 9.17) is 20.6 Å². The fourth-order valence-electron chi connectivity index (χ4n) is 5.28. The van der Waals surface area contributed by atoms with Crippen molar-refractivity contribution in [3.8, 4) is 0 Å². The van der Waals surface area contributed by atoms with Crippen molar-refractivity contribution in [1.82, 2.24) is 14.6 Å². The topological polar surface area (TPSA) is 68.7 Å². The van der Waals surface area contributed by atoms with Crippen molar-refractivity contribution in [2.75, 3.05) is 24.6 Å². The molecule has 158 valence electrons. The number of hydrogen-bond acceptors (Lipinski definition) is 5. The van der Waals surface area contributed by atoms with Gasteiger partial charge in [-0.3, -0.25) is 0 Å². The van der Waals surface area contributed by atoms with Crippen LogP contribution in [0.1, 0.15) is 56.0 Å². The number of nitrogens with zero attached hydrogens (tertiary/aromatic N) is 4. The van der Waals surface area contributed by atoms with Crippen molar-refractivity contribution in [1.29, 1.82) is 0 Å². The Morgan fingerprint density at radius 3 is 2.63 bits per heavy atom. The summed E-state index contributed by atoms with van der Waals surface area (Å²) in [6.07, 6.45) is 4.95. The smallest absolute Gasteiger partial charge is 0.183 e. The zero-order valence-electron chi connectivity index (χ0n) is 18.1. The molecular formula is C24H31N5O. The normalized spacial score (nSPS) is 29.6. The summed E-state index contributed by atoms with van der Waals surface area (Å²) >= 11 is 0. The molecule has 30 heavy (non-hydrogen) atoms. The summed E-state index contributed by atoms with van der Waals surface area (Å²) in [7, 11) is 0. The van der Waals surface area contributed by atoms with Crippen LogP contribution in [0, 0.1) is 6.92 Å². The summed E-state index contributed by atoms with van der Waals surface area (Å²) in [6, 6.07) is 13.1. The molecule has 1 saturated carbocycles. The second-order valence-electron chi connectivity index (χ2n) is 8.93. The van der Waals surface area contributed by atoms with Crippen LogP contribution in [0.3, 0.4) is 0 Å². The second kappa shape index (κ2) is 7.06. The standard InChI is InChI=1S/C22H25N5O.C2H6/c1-15-9-18(26-8-7-17(10-26)16-5-3-2-4-6-16)11-27-19(15)24-20(25-27)22-12-21(23,13-22)14-28-22;1-2/h2-6,9,11,17H,7-8,10,12-14,23H2,1H3;1-2H3. The zero-order valence-corrected chi connectivity index (χ0v) is 18.1. The maximum absolute atomic E-state index is 6.26. The van der Waals surface area contributed by atoms with E-state index in [1.165, 1.54) is 17.7 Å². The average molecular weight is 406 g/mol. The van der Waals surface area contributed by atoms with Crippen molar-refractivity contribution in [3.05, 3.63) is 59.5 Å². The van der Waals surface area contributed by atoms with E-state index in [-0.39, 0.29) is 11.1 Å². The van der Waals surface area contributed by atoms with Crippen LogP contribution in [0.25, 0.3) is 5.65 Å². The lowest BCUT2D eigenvalue weighted by molar-refractivity contribution is -0.0144. The molecule has 0 spiro atoms. The summed E-state index contributed by atoms with van der Waals surface area (Å²) in [5.41, 5.74) is 10.4. The molecule has 3 aliphatic heterocycles. The van der Waals surface area contributed by atoms with Gasteiger partial charge in [0.25, 0.3) is 0 Å². The van der Waals surface area contributed by atoms with Gasteiger partial charge in [-0.05, 0) is 30.5 Å². The number of anilines is 1. The van der Waals surface area contributed by atoms with Crippen molar-refractivity contribution >= 4 is 11.3 Å². The Morgan fingerprint density at radius 1 is 1.17 bits per heavy atom. The molecule has 1 aliphatic carbocycles. The van der Waals surface area contributed by atoms with Crippen LogP contribution in [0.4, 0.5) is 5.69 Å². The number of fused-ring (bicyclic) bond motifs is 2. The number of rotatable bonds is 3. The van der Waals surface area contributed by atoms with E-state index in [9.17, 15) is 0 Å². The van der Waals surface area contributed by atoms with E-state index in [0.717, 1.165) is 43.0 Å². The van der Waals surface area contributed by atoms with Crippen LogP contribution in [-0.4, -0.2) is 39.8 Å². The molecule has 4 fully saturated rings. The number of nitrogens with two attached hydrogens (primary N) is 1. The van der Waals surface area contributed by atoms with Crippen LogP contribution in [-0.2, 0) is 10.3 Å². The van der Waals surface area contributed by atoms with E-state index in [1.54, 1.807) is 0 Å². The highest BCUT2D eigenvalue weighted by Gasteiger charge is 2.63. The first-order chi connectivity index (χ1) is 14.5. The Bertz CT molecular complexity index is 1050. The predicted molar refractivity (Wildman–Crippen MR) is 119 cm³/mol. The number of pyridine rings is 1. The lowest BCUT2D eigenvalue weighted by atomic mass is 9.69. The van der Waals surface area contributed by atoms with Crippen LogP contribution < -0.4 is 10.6 Å². The summed E-state index contributed by atoms with van der Waals surface area (Å²) in [5.74, 6) is 1.37. The molecule has 6 nitrogen and oxygen atoms in total. The number of aromatic nitrogens is 3. The lowest BCUT2D eigenvalue weighted by Gasteiger charge is -2.39. The minimum absolute atomic E-state index is 0.167. The van der Waals surface area contributed by atoms with Gasteiger partial charge >= 0.3 is 0 Å². The van der Waals surface area contributed by atoms with Crippen LogP contribution >= 0.6 is 0 Å². The molecule has 7 rings (SSSR count). The molecule has 4 aliphatic rings. The Kier molecular flexibility index (Phi) is 4.60. The Hall–Kier alpha value is -2.44. The fourth-order valence-corrected chi connectivity index (χ4v) is 5.28. The summed E-state index contributed by atoms with van der Waals surface area (Å²) in [6.45, 7) is 8.83. The first-order valence-corrected chi connectivity index (χ1v) is 11.1. The van der Waals surface area contributed by atoms with Gasteiger partial charge in [0.2, 0.25) is 0 Å². The fraction of sp³-hybridized carbons (Fsp3) is 0.500. The number of benzene rings is 1. The molecule has 2 N–H and O–H groups in total. The second-order valence-corrected chi connectivity index (χ2v) is 8.93. The zero-order chi connectivity index (χ0) is 20.9. The minimum atomic E-state index is -0.362. The Morgan fingerprint density at radius 2 is 1.93 bits per heavy atom. The van der Waals surface area contributed by atoms with Crippen LogP contribution in [0.5, 0.6) is 0 Å². The highest BCUT2D eigenvalue weighted by atomic mass is 16.5. The van der Waals surface area contributed by atoms with E-state index in [1.807, 2.05) is 18.4 Å². The molecule has 0 amide bonds. The highest BCUT2D eigenvalue weighted by molar-refractivity contribution is 5.58. The number of ether oxygens (including phenoxy) is 1. The first-order valence-electron chi connectivity index (χ1n) is 11.1. The third kappa shape index (κ3) is 3.01. The molecule has 1 unspecified atom stereocenters. The minimum Gasteiger partial charge on any atom is -0.370 e. The molecule has 3 saturated heterocycles. The molecule has 2 bridgehead atoms. The van der Waals surface area contributed by atoms with Crippen molar-refractivity contribution in [2.45, 2.75) is 57.1 Å². The number of aryl methyl sites for hydroxylation is 1. The van der Waals surface area contributed by atoms with Gasteiger partial charge < -0.3 is 15.4 Å². The van der Waals surface area contributed by atoms with Gasteiger partial charge in [-0.1, -0.05) is 44.2 Å². The van der Waals surface area contributed by atoms with Gasteiger partial charge in [-0.25, -0.2) is 9.50 Å². The van der Waals surface area contributed by atoms with Gasteiger partial charge in [-0.2, -0.15) is 0 Å². The van der Waals surface area contributed by atoms with Gasteiger partial charge in [-0.15, -0.1) is 5.10 Å². The van der Waals surface area contributed by atoms with E-state index >= 15 is 0 Å². The van der Waals surface area contributed by atoms with Gasteiger partial charge in [0.1, 0.15) is 5.60 Å². The maximum Gasteiger partial charge on any atom is 0.183 e. The Balaban J connectivity index is 0.000000937. The summed E-state index contributed by atoms with van der Waals surface area (Å²) in [5, 5.41) is 4.80. The largest absolute Gasteiger partial charge is 0.370 e. The molecule has 5 heterocycles. The van der Waals surface area contributed by atoms with E-state index in [0.29, 0.717) is 12.5 Å². The molecule has 1 atom stereocenters. The van der Waals surface area contributed by atoms with Crippen molar-refractivity contribution < 1.29 is 4.74 Å². The summed E-state index contributed by atoms with van der Waals surface area (Å²) in [4.78, 5) is 7.28. The van der Waals surface area contributed by atoms with E-state index < -0.39 is 0 Å². The predicted octanol–water partition coefficient (Wildman–Crippen LogP) is 3.77. The van der Waals surface area contributed by atoms with Crippen LogP contribution in [0.2, 0.25) is 0 Å². The molecule has 2 aromatic heterocycles. The summed E-state index contributed by atoms with van der Waals surface area (Å²) < 4.78 is 7.93. The van der Waals surface area contributed by atoms with Gasteiger partial charge in [0.05, 0.1) is 18.5 Å². The van der Waals surface area contributed by atoms with Crippen molar-refractivity contribution in [3.63, 3.8) is 0 Å². The first kappa shape index (κ1) is 19.5. The molecule has 3 aromatic rings. The maximum atomic E-state index is 6.26. The molecular weight excluding hydrogens is 374 g/mol. The third-order valence-corrected chi connectivity index (χ3v) is 6.75. The SMILES string of the molecule is CC.Cc1cc(N2CCC(c3ccccc3)C2)cn2nc(C34CC(N)(CO3)C4)nc12. The van der Waals surface area contributed by atoms with Crippen molar-refractivity contribution in [2.24, 2.45) is 5.73 Å². The average Bonchev–Trinajstić information content (AvgIpc) is 3.51. The number of hydrogen-bond donors (Lipinski definition) is 1. The lowest BCUT2D eigenvalue weighted by Crippen LogP contribution is -2.54. The molecule has 6 heteroatoms. The molecule has 0 radical (unpaired) electrons. The monoisotopic (exact) mass is 405 g/mol. The molecule has 1 aromatic carbocycles. The Labute approximate surface area is 178 Å². The van der Waals surface area contributed by atoms with Crippen LogP contribution in [0.15, 0.2) is 42.6 Å².